The van der Waals surface area contributed by atoms with Crippen molar-refractivity contribution in [2.75, 3.05) is 19.0 Å². The van der Waals surface area contributed by atoms with Gasteiger partial charge in [-0.05, 0) is 48.1 Å². The Balaban J connectivity index is 1.42. The summed E-state index contributed by atoms with van der Waals surface area (Å²) < 4.78 is 0. The first-order valence-electron chi connectivity index (χ1n) is 10.8. The molecular weight excluding hydrogens is 388 g/mol. The molecule has 1 fully saturated rings. The van der Waals surface area contributed by atoms with Crippen LogP contribution >= 0.6 is 0 Å². The van der Waals surface area contributed by atoms with Gasteiger partial charge in [0.25, 0.3) is 0 Å². The minimum Gasteiger partial charge on any atom is -0.378 e. The lowest BCUT2D eigenvalue weighted by Gasteiger charge is -2.32. The van der Waals surface area contributed by atoms with Crippen LogP contribution in [0.4, 0.5) is 5.69 Å². The zero-order chi connectivity index (χ0) is 21.8. The number of rotatable bonds is 6. The van der Waals surface area contributed by atoms with Gasteiger partial charge in [-0.1, -0.05) is 49.2 Å². The van der Waals surface area contributed by atoms with Gasteiger partial charge in [-0.25, -0.2) is 5.43 Å². The number of benzene rings is 2. The Hall–Kier alpha value is -3.28. The first-order valence-corrected chi connectivity index (χ1v) is 10.8. The van der Waals surface area contributed by atoms with Gasteiger partial charge in [0, 0.05) is 19.8 Å². The van der Waals surface area contributed by atoms with Crippen LogP contribution in [0.3, 0.4) is 0 Å². The molecule has 1 amide bonds. The van der Waals surface area contributed by atoms with E-state index in [2.05, 4.69) is 16.6 Å². The Labute approximate surface area is 183 Å². The largest absolute Gasteiger partial charge is 0.378 e. The number of anilines is 1. The van der Waals surface area contributed by atoms with Crippen LogP contribution in [0.5, 0.6) is 0 Å². The van der Waals surface area contributed by atoms with Crippen LogP contribution in [0.25, 0.3) is 0 Å². The van der Waals surface area contributed by atoms with E-state index in [-0.39, 0.29) is 12.0 Å². The Bertz CT molecular complexity index is 1030. The third-order valence-corrected chi connectivity index (χ3v) is 6.12. The van der Waals surface area contributed by atoms with Crippen LogP contribution in [0, 0.1) is 0 Å². The maximum absolute atomic E-state index is 12.6. The minimum atomic E-state index is -0.715. The summed E-state index contributed by atoms with van der Waals surface area (Å²) in [4.78, 5) is 32.0. The molecule has 0 saturated heterocycles. The SMILES string of the molecule is CN(C)c1ccc(/C=N\NC(=O)C(=O)CC2=NC3(CCCC3)Cc3ccccc32)cc1. The highest BCUT2D eigenvalue weighted by atomic mass is 16.2. The summed E-state index contributed by atoms with van der Waals surface area (Å²) in [7, 11) is 3.94. The van der Waals surface area contributed by atoms with Crippen LogP contribution in [0.15, 0.2) is 58.6 Å². The lowest BCUT2D eigenvalue weighted by molar-refractivity contribution is -0.137. The molecule has 1 saturated carbocycles. The summed E-state index contributed by atoms with van der Waals surface area (Å²) in [6.45, 7) is 0. The number of Topliss-reactive ketones (excluding diaryl/α,β-unsaturated/α-hetero) is 1. The van der Waals surface area contributed by atoms with Gasteiger partial charge in [0.2, 0.25) is 5.78 Å². The molecule has 0 aromatic heterocycles. The van der Waals surface area contributed by atoms with Crippen molar-refractivity contribution in [3.05, 3.63) is 65.2 Å². The van der Waals surface area contributed by atoms with E-state index in [1.54, 1.807) is 0 Å². The summed E-state index contributed by atoms with van der Waals surface area (Å²) in [6, 6.07) is 15.8. The number of carbonyl (C=O) groups is 2. The fourth-order valence-electron chi connectivity index (χ4n) is 4.47. The van der Waals surface area contributed by atoms with Gasteiger partial charge in [0.15, 0.2) is 0 Å². The molecule has 6 heteroatoms. The lowest BCUT2D eigenvalue weighted by atomic mass is 9.82. The third kappa shape index (κ3) is 4.74. The van der Waals surface area contributed by atoms with Crippen LogP contribution in [0.2, 0.25) is 0 Å². The predicted octanol–water partition coefficient (Wildman–Crippen LogP) is 3.52. The molecule has 2 aromatic carbocycles. The number of hydrogen-bond donors (Lipinski definition) is 1. The Morgan fingerprint density at radius 3 is 2.52 bits per heavy atom. The molecule has 1 spiro atoms. The topological polar surface area (TPSA) is 74.1 Å². The van der Waals surface area contributed by atoms with Crippen LogP contribution in [0.1, 0.15) is 48.8 Å². The molecule has 4 rings (SSSR count). The Morgan fingerprint density at radius 1 is 1.10 bits per heavy atom. The van der Waals surface area contributed by atoms with Crippen molar-refractivity contribution in [3.63, 3.8) is 0 Å². The first kappa shape index (κ1) is 21.0. The summed E-state index contributed by atoms with van der Waals surface area (Å²) in [5.41, 5.74) is 7.12. The maximum atomic E-state index is 12.6. The number of amides is 1. The highest BCUT2D eigenvalue weighted by Gasteiger charge is 2.38. The normalized spacial score (nSPS) is 16.8. The highest BCUT2D eigenvalue weighted by Crippen LogP contribution is 2.40. The molecule has 2 aromatic rings. The van der Waals surface area contributed by atoms with Crippen molar-refractivity contribution < 1.29 is 9.59 Å². The molecule has 0 unspecified atom stereocenters. The molecule has 2 aliphatic rings. The van der Waals surface area contributed by atoms with E-state index >= 15 is 0 Å². The fourth-order valence-corrected chi connectivity index (χ4v) is 4.47. The number of aliphatic imine (C=N–C) groups is 1. The smallest absolute Gasteiger partial charge is 0.307 e. The first-order chi connectivity index (χ1) is 15.0. The molecule has 0 radical (unpaired) electrons. The van der Waals surface area contributed by atoms with Crippen molar-refractivity contribution in [1.82, 2.24) is 5.43 Å². The molecule has 1 aliphatic carbocycles. The van der Waals surface area contributed by atoms with E-state index in [0.717, 1.165) is 54.6 Å². The van der Waals surface area contributed by atoms with Crippen LogP contribution < -0.4 is 10.3 Å². The fraction of sp³-hybridized carbons (Fsp3) is 0.360. The molecule has 1 heterocycles. The Kier molecular flexibility index (Phi) is 5.98. The van der Waals surface area contributed by atoms with E-state index in [4.69, 9.17) is 4.99 Å². The predicted molar refractivity (Wildman–Crippen MR) is 124 cm³/mol. The summed E-state index contributed by atoms with van der Waals surface area (Å²) in [6.07, 6.45) is 6.87. The zero-order valence-electron chi connectivity index (χ0n) is 18.1. The number of hydrogen-bond acceptors (Lipinski definition) is 5. The van der Waals surface area contributed by atoms with E-state index in [1.807, 2.05) is 61.5 Å². The summed E-state index contributed by atoms with van der Waals surface area (Å²) in [5, 5.41) is 3.95. The van der Waals surface area contributed by atoms with Gasteiger partial charge in [-0.3, -0.25) is 14.6 Å². The molecule has 0 bridgehead atoms. The molecule has 1 N–H and O–H groups in total. The van der Waals surface area contributed by atoms with E-state index in [1.165, 1.54) is 11.8 Å². The van der Waals surface area contributed by atoms with Gasteiger partial charge in [-0.2, -0.15) is 5.10 Å². The Morgan fingerprint density at radius 2 is 1.81 bits per heavy atom. The zero-order valence-corrected chi connectivity index (χ0v) is 18.1. The monoisotopic (exact) mass is 416 g/mol. The van der Waals surface area contributed by atoms with Gasteiger partial charge >= 0.3 is 5.91 Å². The van der Waals surface area contributed by atoms with E-state index in [0.29, 0.717) is 0 Å². The molecule has 6 nitrogen and oxygen atoms in total. The molecular formula is C25H28N4O2. The number of nitrogens with zero attached hydrogens (tertiary/aromatic N) is 3. The van der Waals surface area contributed by atoms with Crippen LogP contribution in [-0.2, 0) is 16.0 Å². The van der Waals surface area contributed by atoms with Gasteiger partial charge in [0.1, 0.15) is 0 Å². The molecule has 0 atom stereocenters. The van der Waals surface area contributed by atoms with Crippen molar-refractivity contribution in [2.24, 2.45) is 10.1 Å². The van der Waals surface area contributed by atoms with E-state index < -0.39 is 11.7 Å². The van der Waals surface area contributed by atoms with Gasteiger partial charge in [-0.15, -0.1) is 0 Å². The highest BCUT2D eigenvalue weighted by molar-refractivity contribution is 6.40. The van der Waals surface area contributed by atoms with Crippen molar-refractivity contribution in [1.29, 1.82) is 0 Å². The molecule has 31 heavy (non-hydrogen) atoms. The number of ketones is 1. The second-order valence-corrected chi connectivity index (χ2v) is 8.61. The number of carbonyl (C=O) groups excluding carboxylic acids is 2. The van der Waals surface area contributed by atoms with Crippen molar-refractivity contribution in [2.45, 2.75) is 44.1 Å². The second-order valence-electron chi connectivity index (χ2n) is 8.61. The third-order valence-electron chi connectivity index (χ3n) is 6.12. The summed E-state index contributed by atoms with van der Waals surface area (Å²) >= 11 is 0. The maximum Gasteiger partial charge on any atom is 0.307 e. The minimum absolute atomic E-state index is 0.00233. The van der Waals surface area contributed by atoms with Gasteiger partial charge in [0.05, 0.1) is 23.9 Å². The standard InChI is InChI=1S/C25H28N4O2/c1-29(2)20-11-9-18(10-12-20)17-26-28-24(31)23(30)15-22-21-8-4-3-7-19(21)16-25(27-22)13-5-6-14-25/h3-4,7-12,17H,5-6,13-16H2,1-2H3,(H,28,31)/b26-17-. The number of fused-ring (bicyclic) bond motifs is 1. The quantitative estimate of drug-likeness (QED) is 0.445. The average Bonchev–Trinajstić information content (AvgIpc) is 3.21. The average molecular weight is 417 g/mol. The van der Waals surface area contributed by atoms with Gasteiger partial charge < -0.3 is 4.90 Å². The van der Waals surface area contributed by atoms with Crippen molar-refractivity contribution >= 4 is 29.3 Å². The summed E-state index contributed by atoms with van der Waals surface area (Å²) in [5.74, 6) is -1.24. The van der Waals surface area contributed by atoms with Crippen molar-refractivity contribution in [3.8, 4) is 0 Å². The van der Waals surface area contributed by atoms with E-state index in [9.17, 15) is 9.59 Å². The number of nitrogens with one attached hydrogen (secondary N) is 1. The molecule has 1 aliphatic heterocycles. The second kappa shape index (κ2) is 8.84. The van der Waals surface area contributed by atoms with Crippen LogP contribution in [-0.4, -0.2) is 43.3 Å². The molecule has 160 valence electrons. The lowest BCUT2D eigenvalue weighted by Crippen LogP contribution is -2.35. The number of hydrazone groups is 1.